The van der Waals surface area contributed by atoms with Crippen molar-refractivity contribution in [1.29, 1.82) is 0 Å². The van der Waals surface area contributed by atoms with Gasteiger partial charge in [-0.3, -0.25) is 0 Å². The van der Waals surface area contributed by atoms with Crippen LogP contribution in [0.3, 0.4) is 0 Å². The fourth-order valence-electron chi connectivity index (χ4n) is 2.19. The van der Waals surface area contributed by atoms with Crippen LogP contribution in [0.2, 0.25) is 0 Å². The normalized spacial score (nSPS) is 45.5. The zero-order chi connectivity index (χ0) is 7.03. The van der Waals surface area contributed by atoms with Crippen molar-refractivity contribution in [2.75, 3.05) is 0 Å². The minimum Gasteiger partial charge on any atom is -0.115 e. The van der Waals surface area contributed by atoms with Crippen LogP contribution < -0.4 is 0 Å². The molecule has 0 amide bonds. The van der Waals surface area contributed by atoms with E-state index in [1.54, 1.807) is 0 Å². The van der Waals surface area contributed by atoms with E-state index in [1.807, 2.05) is 0 Å². The summed E-state index contributed by atoms with van der Waals surface area (Å²) in [5.41, 5.74) is 0. The largest absolute Gasteiger partial charge is 0.115 e. The predicted molar refractivity (Wildman–Crippen MR) is 44.3 cm³/mol. The van der Waals surface area contributed by atoms with Crippen LogP contribution in [0.5, 0.6) is 0 Å². The van der Waals surface area contributed by atoms with Crippen LogP contribution in [0.4, 0.5) is 0 Å². The van der Waals surface area contributed by atoms with Gasteiger partial charge in [0.15, 0.2) is 0 Å². The van der Waals surface area contributed by atoms with E-state index in [-0.39, 0.29) is 4.87 Å². The average molecular weight is 157 g/mol. The van der Waals surface area contributed by atoms with Gasteiger partial charge in [0.05, 0.1) is 4.87 Å². The first-order valence-corrected chi connectivity index (χ1v) is 4.53. The molecular formula is C9H13Cl. The second kappa shape index (κ2) is 2.27. The van der Waals surface area contributed by atoms with Gasteiger partial charge in [-0.05, 0) is 25.2 Å². The zero-order valence-corrected chi connectivity index (χ0v) is 6.90. The van der Waals surface area contributed by atoms with Crippen molar-refractivity contribution >= 4 is 11.6 Å². The molecule has 0 aliphatic heterocycles. The van der Waals surface area contributed by atoms with E-state index in [9.17, 15) is 0 Å². The lowest BCUT2D eigenvalue weighted by molar-refractivity contribution is 0.310. The van der Waals surface area contributed by atoms with Crippen LogP contribution in [-0.2, 0) is 0 Å². The number of rotatable bonds is 0. The van der Waals surface area contributed by atoms with E-state index >= 15 is 0 Å². The maximum absolute atomic E-state index is 6.32. The zero-order valence-electron chi connectivity index (χ0n) is 6.15. The highest BCUT2D eigenvalue weighted by Crippen LogP contribution is 2.42. The number of hydrogen-bond acceptors (Lipinski definition) is 0. The maximum atomic E-state index is 6.32. The molecule has 0 saturated heterocycles. The highest BCUT2D eigenvalue weighted by Gasteiger charge is 2.33. The molecule has 0 aromatic rings. The van der Waals surface area contributed by atoms with E-state index in [2.05, 4.69) is 12.2 Å². The van der Waals surface area contributed by atoms with Gasteiger partial charge in [0.1, 0.15) is 0 Å². The number of allylic oxidation sites excluding steroid dienone is 2. The van der Waals surface area contributed by atoms with Crippen molar-refractivity contribution < 1.29 is 0 Å². The van der Waals surface area contributed by atoms with Gasteiger partial charge in [0, 0.05) is 0 Å². The molecule has 2 aliphatic carbocycles. The van der Waals surface area contributed by atoms with Gasteiger partial charge >= 0.3 is 0 Å². The summed E-state index contributed by atoms with van der Waals surface area (Å²) in [6, 6.07) is 0. The van der Waals surface area contributed by atoms with Gasteiger partial charge in [-0.15, -0.1) is 11.6 Å². The van der Waals surface area contributed by atoms with Crippen molar-refractivity contribution in [2.24, 2.45) is 5.92 Å². The van der Waals surface area contributed by atoms with Crippen molar-refractivity contribution in [3.05, 3.63) is 12.2 Å². The highest BCUT2D eigenvalue weighted by molar-refractivity contribution is 6.25. The third-order valence-electron chi connectivity index (χ3n) is 2.72. The summed E-state index contributed by atoms with van der Waals surface area (Å²) >= 11 is 6.32. The summed E-state index contributed by atoms with van der Waals surface area (Å²) in [5.74, 6) is 0.899. The van der Waals surface area contributed by atoms with E-state index in [1.165, 1.54) is 32.1 Å². The molecule has 0 aromatic heterocycles. The SMILES string of the molecule is ClC12C=CCC(CCC1)C2. The van der Waals surface area contributed by atoms with Crippen molar-refractivity contribution in [2.45, 2.75) is 37.0 Å². The molecule has 0 heterocycles. The third kappa shape index (κ3) is 1.10. The first kappa shape index (κ1) is 6.72. The Morgan fingerprint density at radius 3 is 3.10 bits per heavy atom. The lowest BCUT2D eigenvalue weighted by Gasteiger charge is -2.36. The molecule has 2 bridgehead atoms. The summed E-state index contributed by atoms with van der Waals surface area (Å²) in [6.45, 7) is 0. The molecule has 2 atom stereocenters. The van der Waals surface area contributed by atoms with E-state index in [4.69, 9.17) is 11.6 Å². The summed E-state index contributed by atoms with van der Waals surface area (Å²) in [7, 11) is 0. The number of fused-ring (bicyclic) bond motifs is 2. The highest BCUT2D eigenvalue weighted by atomic mass is 35.5. The lowest BCUT2D eigenvalue weighted by atomic mass is 9.76. The van der Waals surface area contributed by atoms with Gasteiger partial charge in [0.2, 0.25) is 0 Å². The number of alkyl halides is 1. The van der Waals surface area contributed by atoms with Gasteiger partial charge in [-0.2, -0.15) is 0 Å². The summed E-state index contributed by atoms with van der Waals surface area (Å²) < 4.78 is 0. The molecule has 1 heteroatoms. The second-order valence-electron chi connectivity index (χ2n) is 3.64. The van der Waals surface area contributed by atoms with Gasteiger partial charge in [-0.25, -0.2) is 0 Å². The van der Waals surface area contributed by atoms with Crippen molar-refractivity contribution in [1.82, 2.24) is 0 Å². The number of halogens is 1. The minimum atomic E-state index is 0.0706. The molecule has 1 saturated carbocycles. The van der Waals surface area contributed by atoms with Crippen molar-refractivity contribution in [3.8, 4) is 0 Å². The molecule has 0 spiro atoms. The Labute approximate surface area is 67.3 Å². The third-order valence-corrected chi connectivity index (χ3v) is 3.19. The molecule has 0 radical (unpaired) electrons. The molecule has 2 aliphatic rings. The molecule has 10 heavy (non-hydrogen) atoms. The molecule has 0 nitrogen and oxygen atoms in total. The van der Waals surface area contributed by atoms with Crippen LogP contribution in [0.1, 0.15) is 32.1 Å². The van der Waals surface area contributed by atoms with Crippen LogP contribution in [0.25, 0.3) is 0 Å². The van der Waals surface area contributed by atoms with E-state index < -0.39 is 0 Å². The monoisotopic (exact) mass is 156 g/mol. The first-order chi connectivity index (χ1) is 4.79. The molecule has 0 aromatic carbocycles. The average Bonchev–Trinajstić information content (AvgIpc) is 1.86. The molecule has 0 N–H and O–H groups in total. The quantitative estimate of drug-likeness (QED) is 0.374. The minimum absolute atomic E-state index is 0.0706. The lowest BCUT2D eigenvalue weighted by Crippen LogP contribution is -2.30. The predicted octanol–water partition coefficient (Wildman–Crippen LogP) is 3.11. The topological polar surface area (TPSA) is 0 Å². The Balaban J connectivity index is 2.20. The van der Waals surface area contributed by atoms with Crippen LogP contribution in [-0.4, -0.2) is 4.87 Å². The first-order valence-electron chi connectivity index (χ1n) is 4.15. The standard InChI is InChI=1S/C9H13Cl/c10-9-5-1-3-8(7-9)4-2-6-9/h1,5,8H,2-4,6-7H2. The smallest absolute Gasteiger partial charge is 0.0628 e. The summed E-state index contributed by atoms with van der Waals surface area (Å²) in [4.78, 5) is 0.0706. The van der Waals surface area contributed by atoms with Gasteiger partial charge in [0.25, 0.3) is 0 Å². The van der Waals surface area contributed by atoms with Crippen molar-refractivity contribution in [3.63, 3.8) is 0 Å². The summed E-state index contributed by atoms with van der Waals surface area (Å²) in [6.07, 6.45) is 10.9. The van der Waals surface area contributed by atoms with E-state index in [0.717, 1.165) is 5.92 Å². The summed E-state index contributed by atoms with van der Waals surface area (Å²) in [5, 5.41) is 0. The Morgan fingerprint density at radius 2 is 2.40 bits per heavy atom. The Bertz CT molecular complexity index is 162. The Hall–Kier alpha value is 0.0300. The molecule has 2 unspecified atom stereocenters. The Morgan fingerprint density at radius 1 is 1.50 bits per heavy atom. The Kier molecular flexibility index (Phi) is 1.52. The van der Waals surface area contributed by atoms with E-state index in [0.29, 0.717) is 0 Å². The van der Waals surface area contributed by atoms with Crippen LogP contribution in [0.15, 0.2) is 12.2 Å². The molecule has 1 fully saturated rings. The van der Waals surface area contributed by atoms with Gasteiger partial charge < -0.3 is 0 Å². The van der Waals surface area contributed by atoms with Gasteiger partial charge in [-0.1, -0.05) is 25.0 Å². The molecule has 2 rings (SSSR count). The maximum Gasteiger partial charge on any atom is 0.0628 e. The second-order valence-corrected chi connectivity index (χ2v) is 4.39. The molecule has 56 valence electrons. The number of hydrogen-bond donors (Lipinski definition) is 0. The molecular weight excluding hydrogens is 144 g/mol. The fraction of sp³-hybridized carbons (Fsp3) is 0.778. The van der Waals surface area contributed by atoms with Crippen LogP contribution >= 0.6 is 11.6 Å². The fourth-order valence-corrected chi connectivity index (χ4v) is 2.63. The van der Waals surface area contributed by atoms with Crippen LogP contribution in [0, 0.1) is 5.92 Å².